The van der Waals surface area contributed by atoms with Gasteiger partial charge in [0.05, 0.1) is 0 Å². The summed E-state index contributed by atoms with van der Waals surface area (Å²) >= 11 is 0. The molecule has 0 spiro atoms. The molecule has 0 amide bonds. The molecule has 0 aliphatic heterocycles. The molecule has 2 aromatic rings. The highest BCUT2D eigenvalue weighted by Gasteiger charge is 2.09. The smallest absolute Gasteiger partial charge is 0.137 e. The van der Waals surface area contributed by atoms with Crippen LogP contribution in [0.1, 0.15) is 44.4 Å². The van der Waals surface area contributed by atoms with Crippen molar-refractivity contribution in [1.29, 1.82) is 0 Å². The fourth-order valence-electron chi connectivity index (χ4n) is 2.50. The van der Waals surface area contributed by atoms with Crippen molar-refractivity contribution in [3.63, 3.8) is 0 Å². The minimum Gasteiger partial charge on any atom is -0.461 e. The number of furan rings is 1. The number of rotatable bonds is 7. The fraction of sp³-hybridized carbons (Fsp3) is 0.529. The highest BCUT2D eigenvalue weighted by Crippen LogP contribution is 2.23. The minimum atomic E-state index is 0.606. The predicted octanol–water partition coefficient (Wildman–Crippen LogP) is 4.45. The number of nitrogens with one attached hydrogen (secondary N) is 1. The molecule has 1 heterocycles. The Morgan fingerprint density at radius 3 is 2.79 bits per heavy atom. The normalized spacial score (nSPS) is 13.0. The zero-order valence-corrected chi connectivity index (χ0v) is 12.3. The number of hydrogen-bond donors (Lipinski definition) is 1. The second-order valence-electron chi connectivity index (χ2n) is 5.30. The first kappa shape index (κ1) is 14.1. The summed E-state index contributed by atoms with van der Waals surface area (Å²) in [7, 11) is 0. The first-order valence-electron chi connectivity index (χ1n) is 7.46. The summed E-state index contributed by atoms with van der Waals surface area (Å²) in [5.41, 5.74) is 2.27. The van der Waals surface area contributed by atoms with Crippen LogP contribution in [0.2, 0.25) is 0 Å². The number of para-hydroxylation sites is 1. The van der Waals surface area contributed by atoms with Crippen LogP contribution in [0.5, 0.6) is 0 Å². The first-order chi connectivity index (χ1) is 9.24. The summed E-state index contributed by atoms with van der Waals surface area (Å²) in [4.78, 5) is 0. The molecule has 0 aliphatic rings. The zero-order chi connectivity index (χ0) is 13.7. The second-order valence-corrected chi connectivity index (χ2v) is 5.30. The van der Waals surface area contributed by atoms with E-state index >= 15 is 0 Å². The average Bonchev–Trinajstić information content (AvgIpc) is 2.83. The van der Waals surface area contributed by atoms with E-state index in [0.29, 0.717) is 6.04 Å². The van der Waals surface area contributed by atoms with Gasteiger partial charge in [0, 0.05) is 17.8 Å². The highest BCUT2D eigenvalue weighted by molar-refractivity contribution is 5.80. The van der Waals surface area contributed by atoms with Gasteiger partial charge in [-0.1, -0.05) is 32.0 Å². The Balaban J connectivity index is 1.99. The van der Waals surface area contributed by atoms with Gasteiger partial charge in [0.1, 0.15) is 11.3 Å². The largest absolute Gasteiger partial charge is 0.461 e. The van der Waals surface area contributed by atoms with E-state index in [9.17, 15) is 0 Å². The molecule has 0 saturated carbocycles. The Bertz CT molecular complexity index is 515. The standard InChI is InChI=1S/C17H25NO/c1-4-11-18-15(5-2)9-10-16-12-14-8-6-7-13(3)17(14)19-16/h6-8,12,15,18H,4-5,9-11H2,1-3H3. The predicted molar refractivity (Wildman–Crippen MR) is 81.6 cm³/mol. The van der Waals surface area contributed by atoms with Gasteiger partial charge in [-0.2, -0.15) is 0 Å². The molecule has 19 heavy (non-hydrogen) atoms. The zero-order valence-electron chi connectivity index (χ0n) is 12.3. The molecule has 104 valence electrons. The number of fused-ring (bicyclic) bond motifs is 1. The Kier molecular flexibility index (Phi) is 5.03. The van der Waals surface area contributed by atoms with Gasteiger partial charge in [0.25, 0.3) is 0 Å². The monoisotopic (exact) mass is 259 g/mol. The third kappa shape index (κ3) is 3.60. The highest BCUT2D eigenvalue weighted by atomic mass is 16.3. The van der Waals surface area contributed by atoms with E-state index in [1.807, 2.05) is 0 Å². The number of aryl methyl sites for hydroxylation is 2. The van der Waals surface area contributed by atoms with Crippen LogP contribution in [0.4, 0.5) is 0 Å². The van der Waals surface area contributed by atoms with Gasteiger partial charge in [-0.25, -0.2) is 0 Å². The number of benzene rings is 1. The van der Waals surface area contributed by atoms with Crippen molar-refractivity contribution in [2.75, 3.05) is 6.54 Å². The van der Waals surface area contributed by atoms with Crippen LogP contribution >= 0.6 is 0 Å². The lowest BCUT2D eigenvalue weighted by molar-refractivity contribution is 0.444. The Labute approximate surface area is 116 Å². The van der Waals surface area contributed by atoms with Crippen LogP contribution in [-0.4, -0.2) is 12.6 Å². The number of hydrogen-bond acceptors (Lipinski definition) is 2. The Morgan fingerprint density at radius 2 is 2.11 bits per heavy atom. The molecule has 1 atom stereocenters. The van der Waals surface area contributed by atoms with Crippen LogP contribution in [0.25, 0.3) is 11.0 Å². The van der Waals surface area contributed by atoms with E-state index in [1.165, 1.54) is 23.8 Å². The molecule has 1 aromatic heterocycles. The molecule has 0 bridgehead atoms. The Morgan fingerprint density at radius 1 is 1.26 bits per heavy atom. The van der Waals surface area contributed by atoms with Crippen molar-refractivity contribution in [2.45, 2.75) is 52.5 Å². The van der Waals surface area contributed by atoms with Crippen molar-refractivity contribution < 1.29 is 4.42 Å². The van der Waals surface area contributed by atoms with E-state index < -0.39 is 0 Å². The van der Waals surface area contributed by atoms with Crippen LogP contribution < -0.4 is 5.32 Å². The molecular formula is C17H25NO. The van der Waals surface area contributed by atoms with Crippen LogP contribution in [-0.2, 0) is 6.42 Å². The lowest BCUT2D eigenvalue weighted by atomic mass is 10.1. The summed E-state index contributed by atoms with van der Waals surface area (Å²) in [6.45, 7) is 7.67. The molecule has 2 heteroatoms. The van der Waals surface area contributed by atoms with Gasteiger partial charge in [-0.3, -0.25) is 0 Å². The molecule has 1 unspecified atom stereocenters. The van der Waals surface area contributed by atoms with Crippen LogP contribution in [0.15, 0.2) is 28.7 Å². The maximum atomic E-state index is 5.97. The maximum absolute atomic E-state index is 5.97. The van der Waals surface area contributed by atoms with Gasteiger partial charge in [0.2, 0.25) is 0 Å². The SMILES string of the molecule is CCCNC(CC)CCc1cc2cccc(C)c2o1. The van der Waals surface area contributed by atoms with Gasteiger partial charge >= 0.3 is 0 Å². The van der Waals surface area contributed by atoms with Gasteiger partial charge in [-0.05, 0) is 44.4 Å². The molecule has 0 radical (unpaired) electrons. The van der Waals surface area contributed by atoms with E-state index in [0.717, 1.165) is 30.7 Å². The summed E-state index contributed by atoms with van der Waals surface area (Å²) in [6.07, 6.45) is 4.54. The molecular weight excluding hydrogens is 234 g/mol. The van der Waals surface area contributed by atoms with Crippen LogP contribution in [0.3, 0.4) is 0 Å². The van der Waals surface area contributed by atoms with Gasteiger partial charge in [-0.15, -0.1) is 0 Å². The van der Waals surface area contributed by atoms with Crippen molar-refractivity contribution in [3.8, 4) is 0 Å². The van der Waals surface area contributed by atoms with Crippen LogP contribution in [0, 0.1) is 6.92 Å². The van der Waals surface area contributed by atoms with E-state index in [-0.39, 0.29) is 0 Å². The molecule has 1 aromatic carbocycles. The molecule has 0 saturated heterocycles. The molecule has 2 rings (SSSR count). The molecule has 0 aliphatic carbocycles. The lowest BCUT2D eigenvalue weighted by Crippen LogP contribution is -2.29. The average molecular weight is 259 g/mol. The van der Waals surface area contributed by atoms with Crippen molar-refractivity contribution in [1.82, 2.24) is 5.32 Å². The van der Waals surface area contributed by atoms with Crippen molar-refractivity contribution in [2.24, 2.45) is 0 Å². The van der Waals surface area contributed by atoms with Gasteiger partial charge < -0.3 is 9.73 Å². The quantitative estimate of drug-likeness (QED) is 0.794. The van der Waals surface area contributed by atoms with Crippen molar-refractivity contribution >= 4 is 11.0 Å². The van der Waals surface area contributed by atoms with E-state index in [4.69, 9.17) is 4.42 Å². The summed E-state index contributed by atoms with van der Waals surface area (Å²) in [5, 5.41) is 4.82. The van der Waals surface area contributed by atoms with E-state index in [1.54, 1.807) is 0 Å². The van der Waals surface area contributed by atoms with Gasteiger partial charge in [0.15, 0.2) is 0 Å². The molecule has 2 nitrogen and oxygen atoms in total. The fourth-order valence-corrected chi connectivity index (χ4v) is 2.50. The molecule has 0 fully saturated rings. The van der Waals surface area contributed by atoms with E-state index in [2.05, 4.69) is 50.4 Å². The second kappa shape index (κ2) is 6.76. The Hall–Kier alpha value is -1.28. The maximum Gasteiger partial charge on any atom is 0.137 e. The topological polar surface area (TPSA) is 25.2 Å². The third-order valence-corrected chi connectivity index (χ3v) is 3.71. The minimum absolute atomic E-state index is 0.606. The van der Waals surface area contributed by atoms with Crippen molar-refractivity contribution in [3.05, 3.63) is 35.6 Å². The summed E-state index contributed by atoms with van der Waals surface area (Å²) < 4.78 is 5.97. The summed E-state index contributed by atoms with van der Waals surface area (Å²) in [6, 6.07) is 9.12. The molecule has 1 N–H and O–H groups in total. The third-order valence-electron chi connectivity index (χ3n) is 3.71. The first-order valence-corrected chi connectivity index (χ1v) is 7.46. The lowest BCUT2D eigenvalue weighted by Gasteiger charge is -2.15. The summed E-state index contributed by atoms with van der Waals surface area (Å²) in [5.74, 6) is 1.11.